The van der Waals surface area contributed by atoms with Crippen LogP contribution in [0.4, 0.5) is 23.3 Å². The van der Waals surface area contributed by atoms with Crippen molar-refractivity contribution in [3.05, 3.63) is 66.0 Å². The lowest BCUT2D eigenvalue weighted by atomic mass is 10.1. The van der Waals surface area contributed by atoms with Gasteiger partial charge in [0.25, 0.3) is 0 Å². The van der Waals surface area contributed by atoms with Crippen LogP contribution in [0.3, 0.4) is 0 Å². The van der Waals surface area contributed by atoms with Gasteiger partial charge in [0, 0.05) is 37.2 Å². The number of rotatable bonds is 8. The van der Waals surface area contributed by atoms with Crippen molar-refractivity contribution in [2.24, 2.45) is 0 Å². The summed E-state index contributed by atoms with van der Waals surface area (Å²) in [6.45, 7) is 5.76. The van der Waals surface area contributed by atoms with E-state index in [1.807, 2.05) is 20.8 Å². The minimum atomic E-state index is -3.44. The van der Waals surface area contributed by atoms with E-state index in [0.29, 0.717) is 40.9 Å². The third kappa shape index (κ3) is 6.88. The number of benzene rings is 1. The summed E-state index contributed by atoms with van der Waals surface area (Å²) in [6.07, 6.45) is 4.27. The molecule has 2 aromatic heterocycles. The van der Waals surface area contributed by atoms with Crippen LogP contribution in [0.5, 0.6) is 0 Å². The average molecular weight is 485 g/mol. The SMILES string of the molecule is CN(c1ncccc1CNc1ccnc(Nc2ccc(C(=O)OC(C)(C)C)cc2)n1)S(C)(=O)=O. The van der Waals surface area contributed by atoms with E-state index < -0.39 is 21.6 Å². The Hall–Kier alpha value is -3.73. The van der Waals surface area contributed by atoms with Crippen molar-refractivity contribution in [1.29, 1.82) is 0 Å². The number of pyridine rings is 1. The molecule has 1 aromatic carbocycles. The largest absolute Gasteiger partial charge is 0.456 e. The summed E-state index contributed by atoms with van der Waals surface area (Å²) >= 11 is 0. The summed E-state index contributed by atoms with van der Waals surface area (Å²) in [6, 6.07) is 12.1. The Kier molecular flexibility index (Phi) is 7.35. The van der Waals surface area contributed by atoms with E-state index in [1.165, 1.54) is 7.05 Å². The predicted octanol–water partition coefficient (Wildman–Crippen LogP) is 3.58. The molecule has 0 aliphatic carbocycles. The van der Waals surface area contributed by atoms with E-state index >= 15 is 0 Å². The van der Waals surface area contributed by atoms with Gasteiger partial charge >= 0.3 is 5.97 Å². The predicted molar refractivity (Wildman–Crippen MR) is 132 cm³/mol. The Labute approximate surface area is 199 Å². The summed E-state index contributed by atoms with van der Waals surface area (Å²) in [7, 11) is -1.98. The van der Waals surface area contributed by atoms with Gasteiger partial charge in [-0.25, -0.2) is 23.2 Å². The topological polar surface area (TPSA) is 126 Å². The smallest absolute Gasteiger partial charge is 0.338 e. The van der Waals surface area contributed by atoms with E-state index in [1.54, 1.807) is 54.9 Å². The standard InChI is InChI=1S/C23H28N6O4S/c1-23(2,3)33-21(30)16-8-10-18(11-9-16)27-22-25-14-12-19(28-22)26-15-17-7-6-13-24-20(17)29(4)34(5,31)32/h6-14H,15H2,1-5H3,(H2,25,26,27,28). The fourth-order valence-electron chi connectivity index (χ4n) is 2.87. The van der Waals surface area contributed by atoms with E-state index in [4.69, 9.17) is 4.74 Å². The van der Waals surface area contributed by atoms with Gasteiger partial charge in [-0.2, -0.15) is 4.98 Å². The molecule has 34 heavy (non-hydrogen) atoms. The van der Waals surface area contributed by atoms with Crippen molar-refractivity contribution in [3.63, 3.8) is 0 Å². The molecule has 0 aliphatic heterocycles. The summed E-state index contributed by atoms with van der Waals surface area (Å²) < 4.78 is 30.3. The van der Waals surface area contributed by atoms with E-state index in [-0.39, 0.29) is 0 Å². The van der Waals surface area contributed by atoms with Crippen LogP contribution in [0.25, 0.3) is 0 Å². The van der Waals surface area contributed by atoms with Crippen LogP contribution in [0.15, 0.2) is 54.9 Å². The zero-order valence-corrected chi connectivity index (χ0v) is 20.5. The molecule has 0 saturated heterocycles. The first kappa shape index (κ1) is 24.9. The van der Waals surface area contributed by atoms with Gasteiger partial charge in [0.2, 0.25) is 16.0 Å². The number of hydrogen-bond donors (Lipinski definition) is 2. The van der Waals surface area contributed by atoms with Crippen LogP contribution < -0.4 is 14.9 Å². The highest BCUT2D eigenvalue weighted by Gasteiger charge is 2.18. The molecule has 0 fully saturated rings. The molecule has 0 aliphatic rings. The molecule has 0 saturated carbocycles. The lowest BCUT2D eigenvalue weighted by Crippen LogP contribution is -2.27. The van der Waals surface area contributed by atoms with Gasteiger partial charge in [-0.3, -0.25) is 4.31 Å². The summed E-state index contributed by atoms with van der Waals surface area (Å²) in [5, 5.41) is 6.26. The van der Waals surface area contributed by atoms with Crippen molar-refractivity contribution in [1.82, 2.24) is 15.0 Å². The number of carbonyl (C=O) groups is 1. The molecule has 0 unspecified atom stereocenters. The first-order chi connectivity index (χ1) is 15.9. The minimum Gasteiger partial charge on any atom is -0.456 e. The van der Waals surface area contributed by atoms with Gasteiger partial charge in [-0.05, 0) is 57.2 Å². The Balaban J connectivity index is 1.67. The maximum atomic E-state index is 12.2. The quantitative estimate of drug-likeness (QED) is 0.461. The molecule has 2 heterocycles. The number of ether oxygens (including phenoxy) is 1. The lowest BCUT2D eigenvalue weighted by Gasteiger charge is -2.19. The van der Waals surface area contributed by atoms with Crippen LogP contribution in [0.2, 0.25) is 0 Å². The van der Waals surface area contributed by atoms with Crippen molar-refractivity contribution in [2.75, 3.05) is 28.2 Å². The second-order valence-corrected chi connectivity index (χ2v) is 10.6. The van der Waals surface area contributed by atoms with Crippen LogP contribution in [0.1, 0.15) is 36.7 Å². The molecule has 2 N–H and O–H groups in total. The van der Waals surface area contributed by atoms with Crippen LogP contribution in [-0.4, -0.2) is 48.2 Å². The van der Waals surface area contributed by atoms with Crippen molar-refractivity contribution >= 4 is 39.3 Å². The molecule has 0 spiro atoms. The third-order valence-corrected chi connectivity index (χ3v) is 5.72. The highest BCUT2D eigenvalue weighted by Crippen LogP contribution is 2.21. The fraction of sp³-hybridized carbons (Fsp3) is 0.304. The van der Waals surface area contributed by atoms with Gasteiger partial charge in [-0.1, -0.05) is 6.07 Å². The molecular weight excluding hydrogens is 456 g/mol. The van der Waals surface area contributed by atoms with Gasteiger partial charge in [0.05, 0.1) is 11.8 Å². The number of hydrogen-bond acceptors (Lipinski definition) is 9. The zero-order valence-electron chi connectivity index (χ0n) is 19.7. The maximum absolute atomic E-state index is 12.2. The number of aromatic nitrogens is 3. The summed E-state index contributed by atoms with van der Waals surface area (Å²) in [5.41, 5.74) is 1.28. The van der Waals surface area contributed by atoms with E-state index in [2.05, 4.69) is 25.6 Å². The highest BCUT2D eigenvalue weighted by atomic mass is 32.2. The number of esters is 1. The number of carbonyl (C=O) groups excluding carboxylic acids is 1. The number of nitrogens with one attached hydrogen (secondary N) is 2. The Morgan fingerprint density at radius 3 is 2.41 bits per heavy atom. The lowest BCUT2D eigenvalue weighted by molar-refractivity contribution is 0.00695. The fourth-order valence-corrected chi connectivity index (χ4v) is 3.35. The van der Waals surface area contributed by atoms with E-state index in [9.17, 15) is 13.2 Å². The maximum Gasteiger partial charge on any atom is 0.338 e. The van der Waals surface area contributed by atoms with Crippen molar-refractivity contribution < 1.29 is 17.9 Å². The molecule has 0 radical (unpaired) electrons. The highest BCUT2D eigenvalue weighted by molar-refractivity contribution is 7.92. The molecule has 180 valence electrons. The second-order valence-electron chi connectivity index (χ2n) is 8.54. The Morgan fingerprint density at radius 1 is 1.06 bits per heavy atom. The van der Waals surface area contributed by atoms with E-state index in [0.717, 1.165) is 10.6 Å². The number of sulfonamides is 1. The summed E-state index contributed by atoms with van der Waals surface area (Å²) in [4.78, 5) is 25.0. The van der Waals surface area contributed by atoms with Crippen LogP contribution >= 0.6 is 0 Å². The molecule has 0 amide bonds. The van der Waals surface area contributed by atoms with Crippen molar-refractivity contribution in [3.8, 4) is 0 Å². The molecular formula is C23H28N6O4S. The normalized spacial score (nSPS) is 11.6. The molecule has 3 aromatic rings. The monoisotopic (exact) mass is 484 g/mol. The van der Waals surface area contributed by atoms with Crippen LogP contribution in [-0.2, 0) is 21.3 Å². The second kappa shape index (κ2) is 10.0. The first-order valence-corrected chi connectivity index (χ1v) is 12.3. The molecule has 0 atom stereocenters. The number of anilines is 4. The zero-order chi connectivity index (χ0) is 24.9. The summed E-state index contributed by atoms with van der Waals surface area (Å²) in [5.74, 6) is 0.849. The molecule has 10 nitrogen and oxygen atoms in total. The van der Waals surface area contributed by atoms with Gasteiger partial charge in [0.15, 0.2) is 0 Å². The molecule has 0 bridgehead atoms. The number of nitrogens with zero attached hydrogens (tertiary/aromatic N) is 4. The van der Waals surface area contributed by atoms with Gasteiger partial charge in [-0.15, -0.1) is 0 Å². The molecule has 3 rings (SSSR count). The minimum absolute atomic E-state index is 0.310. The Morgan fingerprint density at radius 2 is 1.76 bits per heavy atom. The third-order valence-electron chi connectivity index (χ3n) is 4.55. The van der Waals surface area contributed by atoms with Gasteiger partial charge < -0.3 is 15.4 Å². The first-order valence-electron chi connectivity index (χ1n) is 10.5. The van der Waals surface area contributed by atoms with Crippen molar-refractivity contribution in [2.45, 2.75) is 32.9 Å². The average Bonchev–Trinajstić information content (AvgIpc) is 2.76. The molecule has 11 heteroatoms. The van der Waals surface area contributed by atoms with Gasteiger partial charge in [0.1, 0.15) is 17.2 Å². The Bertz CT molecular complexity index is 1260. The van der Waals surface area contributed by atoms with Crippen LogP contribution in [0, 0.1) is 0 Å².